The molecule has 0 fully saturated rings. The molecular formula is C11H11BN2O. The molecule has 0 atom stereocenters. The van der Waals surface area contributed by atoms with Crippen molar-refractivity contribution in [2.24, 2.45) is 4.99 Å². The molecule has 0 saturated carbocycles. The fraction of sp³-hybridized carbons (Fsp3) is 0.0909. The summed E-state index contributed by atoms with van der Waals surface area (Å²) in [5.74, 6) is 0. The average molecular weight is 198 g/mol. The van der Waals surface area contributed by atoms with E-state index in [-0.39, 0.29) is 0 Å². The van der Waals surface area contributed by atoms with Gasteiger partial charge in [-0.15, -0.1) is 0 Å². The predicted molar refractivity (Wildman–Crippen MR) is 63.2 cm³/mol. The van der Waals surface area contributed by atoms with E-state index in [0.29, 0.717) is 5.71 Å². The Bertz CT molecular complexity index is 389. The lowest BCUT2D eigenvalue weighted by Gasteiger charge is -2.08. The summed E-state index contributed by atoms with van der Waals surface area (Å²) in [6, 6.07) is 0. The van der Waals surface area contributed by atoms with Gasteiger partial charge < -0.3 is 4.65 Å². The number of rotatable bonds is 3. The van der Waals surface area contributed by atoms with Crippen LogP contribution in [0.1, 0.15) is 6.92 Å². The quantitative estimate of drug-likeness (QED) is 0.321. The van der Waals surface area contributed by atoms with Gasteiger partial charge in [0.1, 0.15) is 6.34 Å². The van der Waals surface area contributed by atoms with Crippen LogP contribution in [0.2, 0.25) is 0 Å². The summed E-state index contributed by atoms with van der Waals surface area (Å²) in [6.45, 7) is 1.94. The van der Waals surface area contributed by atoms with Gasteiger partial charge in [-0.25, -0.2) is 4.99 Å². The average Bonchev–Trinajstić information content (AvgIpc) is 2.23. The van der Waals surface area contributed by atoms with Gasteiger partial charge in [0, 0.05) is 5.57 Å². The number of hydrogen-bond donors (Lipinski definition) is 1. The fourth-order valence-electron chi connectivity index (χ4n) is 1.21. The second-order valence-corrected chi connectivity index (χ2v) is 2.83. The Hall–Kier alpha value is -1.84. The molecule has 3 nitrogen and oxygen atoms in total. The van der Waals surface area contributed by atoms with Gasteiger partial charge in [0.2, 0.25) is 0 Å². The first-order chi connectivity index (χ1) is 7.31. The minimum Gasteiger partial charge on any atom is -0.572 e. The molecule has 0 heterocycles. The molecular weight excluding hydrogens is 187 g/mol. The van der Waals surface area contributed by atoms with Gasteiger partial charge in [-0.2, -0.15) is 0 Å². The number of hydrogen-bond acceptors (Lipinski definition) is 2. The van der Waals surface area contributed by atoms with E-state index in [1.54, 1.807) is 0 Å². The highest BCUT2D eigenvalue weighted by molar-refractivity contribution is 6.14. The van der Waals surface area contributed by atoms with Crippen molar-refractivity contribution < 1.29 is 4.65 Å². The van der Waals surface area contributed by atoms with Crippen molar-refractivity contribution in [3.63, 3.8) is 0 Å². The van der Waals surface area contributed by atoms with Gasteiger partial charge in [0.25, 0.3) is 0 Å². The molecule has 74 valence electrons. The summed E-state index contributed by atoms with van der Waals surface area (Å²) in [4.78, 5) is 3.91. The maximum atomic E-state index is 6.95. The maximum Gasteiger partial charge on any atom is 0.373 e. The van der Waals surface area contributed by atoms with Crippen LogP contribution in [0.4, 0.5) is 0 Å². The molecule has 0 aliphatic heterocycles. The Balaban J connectivity index is 3.04. The van der Waals surface area contributed by atoms with Gasteiger partial charge in [-0.1, -0.05) is 18.2 Å². The molecule has 0 saturated heterocycles. The minimum atomic E-state index is 0.658. The van der Waals surface area contributed by atoms with Crippen molar-refractivity contribution in [1.29, 1.82) is 5.41 Å². The molecule has 2 radical (unpaired) electrons. The summed E-state index contributed by atoms with van der Waals surface area (Å²) in [5, 5.41) is 6.95. The molecule has 0 spiro atoms. The molecule has 0 aromatic rings. The van der Waals surface area contributed by atoms with Crippen molar-refractivity contribution >= 4 is 20.1 Å². The van der Waals surface area contributed by atoms with Crippen LogP contribution >= 0.6 is 0 Å². The Morgan fingerprint density at radius 2 is 2.27 bits per heavy atom. The fourth-order valence-corrected chi connectivity index (χ4v) is 1.21. The van der Waals surface area contributed by atoms with E-state index in [1.807, 2.05) is 37.3 Å². The predicted octanol–water partition coefficient (Wildman–Crippen LogP) is 2.09. The summed E-state index contributed by atoms with van der Waals surface area (Å²) in [7, 11) is 4.95. The number of allylic oxidation sites excluding steroid dienone is 7. The van der Waals surface area contributed by atoms with Gasteiger partial charge in [0.05, 0.1) is 12.0 Å². The first-order valence-electron chi connectivity index (χ1n) is 4.47. The smallest absolute Gasteiger partial charge is 0.373 e. The number of nitrogens with one attached hydrogen (secondary N) is 1. The van der Waals surface area contributed by atoms with Gasteiger partial charge in [-0.3, -0.25) is 5.41 Å². The molecule has 0 aromatic heterocycles. The SMILES string of the molecule is [B]O/C=C1/C=CC(/C=C/C)=CC1=NC=N. The molecule has 1 aliphatic rings. The van der Waals surface area contributed by atoms with Crippen LogP contribution < -0.4 is 0 Å². The lowest BCUT2D eigenvalue weighted by atomic mass is 10.0. The third kappa shape index (κ3) is 3.09. The van der Waals surface area contributed by atoms with Crippen molar-refractivity contribution in [2.45, 2.75) is 6.92 Å². The van der Waals surface area contributed by atoms with Crippen LogP contribution in [0, 0.1) is 5.41 Å². The largest absolute Gasteiger partial charge is 0.572 e. The Kier molecular flexibility index (Phi) is 4.35. The normalized spacial score (nSPS) is 21.0. The summed E-state index contributed by atoms with van der Waals surface area (Å²) in [6.07, 6.45) is 11.9. The zero-order valence-electron chi connectivity index (χ0n) is 8.47. The van der Waals surface area contributed by atoms with E-state index in [1.165, 1.54) is 6.26 Å². The Morgan fingerprint density at radius 3 is 2.87 bits per heavy atom. The zero-order valence-corrected chi connectivity index (χ0v) is 8.47. The van der Waals surface area contributed by atoms with Crippen molar-refractivity contribution in [1.82, 2.24) is 0 Å². The highest BCUT2D eigenvalue weighted by Crippen LogP contribution is 2.14. The first kappa shape index (κ1) is 11.2. The topological polar surface area (TPSA) is 45.4 Å². The standard InChI is InChI=1S/C11H11BN2O/c1-2-3-9-4-5-10(7-15-12)11(6-9)14-8-13/h2-8,13H,1H3/b3-2+,10-7-,13-8?,14-11?. The van der Waals surface area contributed by atoms with Crippen LogP contribution in [0.5, 0.6) is 0 Å². The first-order valence-corrected chi connectivity index (χ1v) is 4.47. The van der Waals surface area contributed by atoms with E-state index in [9.17, 15) is 0 Å². The minimum absolute atomic E-state index is 0.658. The molecule has 15 heavy (non-hydrogen) atoms. The van der Waals surface area contributed by atoms with Crippen LogP contribution in [0.15, 0.2) is 52.8 Å². The van der Waals surface area contributed by atoms with Crippen LogP contribution in [0.3, 0.4) is 0 Å². The molecule has 1 rings (SSSR count). The summed E-state index contributed by atoms with van der Waals surface area (Å²) in [5.41, 5.74) is 2.42. The Morgan fingerprint density at radius 1 is 1.47 bits per heavy atom. The molecule has 1 N–H and O–H groups in total. The monoisotopic (exact) mass is 198 g/mol. The summed E-state index contributed by atoms with van der Waals surface area (Å²) < 4.78 is 4.44. The van der Waals surface area contributed by atoms with Crippen molar-refractivity contribution in [3.8, 4) is 0 Å². The summed E-state index contributed by atoms with van der Waals surface area (Å²) >= 11 is 0. The van der Waals surface area contributed by atoms with E-state index >= 15 is 0 Å². The third-order valence-electron chi connectivity index (χ3n) is 1.81. The zero-order chi connectivity index (χ0) is 11.1. The van der Waals surface area contributed by atoms with E-state index < -0.39 is 0 Å². The highest BCUT2D eigenvalue weighted by Gasteiger charge is 2.06. The second-order valence-electron chi connectivity index (χ2n) is 2.83. The maximum absolute atomic E-state index is 6.95. The van der Waals surface area contributed by atoms with Crippen LogP contribution in [-0.2, 0) is 4.65 Å². The number of aliphatic imine (C=N–C) groups is 1. The van der Waals surface area contributed by atoms with Gasteiger partial charge in [-0.05, 0) is 24.6 Å². The van der Waals surface area contributed by atoms with E-state index in [2.05, 4.69) is 9.65 Å². The Labute approximate surface area is 90.5 Å². The molecule has 0 aromatic carbocycles. The van der Waals surface area contributed by atoms with Crippen LogP contribution in [-0.4, -0.2) is 20.1 Å². The molecule has 0 amide bonds. The van der Waals surface area contributed by atoms with Crippen molar-refractivity contribution in [2.75, 3.05) is 0 Å². The number of nitrogens with zero attached hydrogens (tertiary/aromatic N) is 1. The molecule has 1 aliphatic carbocycles. The molecule has 0 unspecified atom stereocenters. The van der Waals surface area contributed by atoms with E-state index in [4.69, 9.17) is 13.5 Å². The third-order valence-corrected chi connectivity index (χ3v) is 1.81. The van der Waals surface area contributed by atoms with Gasteiger partial charge in [0.15, 0.2) is 0 Å². The molecule has 0 bridgehead atoms. The second kappa shape index (κ2) is 5.80. The molecule has 4 heteroatoms. The van der Waals surface area contributed by atoms with Gasteiger partial charge >= 0.3 is 8.05 Å². The van der Waals surface area contributed by atoms with E-state index in [0.717, 1.165) is 17.5 Å². The lowest BCUT2D eigenvalue weighted by molar-refractivity contribution is 0.533. The highest BCUT2D eigenvalue weighted by atomic mass is 16.4. The van der Waals surface area contributed by atoms with Crippen molar-refractivity contribution in [3.05, 3.63) is 47.8 Å². The lowest BCUT2D eigenvalue weighted by Crippen LogP contribution is -2.03. The van der Waals surface area contributed by atoms with Crippen LogP contribution in [0.25, 0.3) is 0 Å².